The molecule has 2 N–H and O–H groups in total. The first kappa shape index (κ1) is 24.0. The number of hydrogen-bond donors (Lipinski definition) is 2. The Kier molecular flexibility index (Phi) is 7.08. The van der Waals surface area contributed by atoms with Crippen LogP contribution in [0.25, 0.3) is 0 Å². The van der Waals surface area contributed by atoms with Gasteiger partial charge in [0.05, 0.1) is 20.0 Å². The minimum atomic E-state index is -5.03. The van der Waals surface area contributed by atoms with Gasteiger partial charge in [0.1, 0.15) is 17.9 Å². The second kappa shape index (κ2) is 8.84. The number of ether oxygens (including phenoxy) is 1. The fraction of sp³-hybridized carbons (Fsp3) is 0.235. The number of nitrogens with one attached hydrogen (secondary N) is 1. The molecule has 0 radical (unpaired) electrons. The van der Waals surface area contributed by atoms with Crippen molar-refractivity contribution in [2.75, 3.05) is 11.9 Å². The SMILES string of the molecule is C[C@](O)(COc1cc(Cl)c(Cl)cc1Cl)C(=O)Nc1ccc([N+](=O)[O-])c(C(F)(F)F)c1. The zero-order valence-corrected chi connectivity index (χ0v) is 17.2. The highest BCUT2D eigenvalue weighted by molar-refractivity contribution is 6.43. The number of nitro benzene ring substituents is 1. The van der Waals surface area contributed by atoms with Crippen LogP contribution in [0.1, 0.15) is 12.5 Å². The van der Waals surface area contributed by atoms with Crippen LogP contribution in [-0.4, -0.2) is 28.1 Å². The molecule has 0 heterocycles. The minimum Gasteiger partial charge on any atom is -0.488 e. The normalized spacial score (nSPS) is 13.5. The number of benzene rings is 2. The lowest BCUT2D eigenvalue weighted by Gasteiger charge is -2.23. The lowest BCUT2D eigenvalue weighted by Crippen LogP contribution is -2.45. The summed E-state index contributed by atoms with van der Waals surface area (Å²) in [6.45, 7) is 0.402. The van der Waals surface area contributed by atoms with E-state index < -0.39 is 46.2 Å². The fourth-order valence-corrected chi connectivity index (χ4v) is 2.76. The minimum absolute atomic E-state index is 0.00818. The molecule has 7 nitrogen and oxygen atoms in total. The number of hydrogen-bond acceptors (Lipinski definition) is 5. The summed E-state index contributed by atoms with van der Waals surface area (Å²) in [5.41, 5.74) is -5.35. The van der Waals surface area contributed by atoms with Crippen molar-refractivity contribution in [2.24, 2.45) is 0 Å². The topological polar surface area (TPSA) is 102 Å². The average Bonchev–Trinajstić information content (AvgIpc) is 2.62. The average molecular weight is 488 g/mol. The van der Waals surface area contributed by atoms with Crippen LogP contribution in [0.2, 0.25) is 15.1 Å². The maximum Gasteiger partial charge on any atom is 0.423 e. The van der Waals surface area contributed by atoms with E-state index in [4.69, 9.17) is 39.5 Å². The smallest absolute Gasteiger partial charge is 0.423 e. The summed E-state index contributed by atoms with van der Waals surface area (Å²) >= 11 is 17.6. The van der Waals surface area contributed by atoms with Crippen LogP contribution in [0.5, 0.6) is 5.75 Å². The fourth-order valence-electron chi connectivity index (χ4n) is 2.16. The number of nitrogens with zero attached hydrogens (tertiary/aromatic N) is 1. The van der Waals surface area contributed by atoms with Crippen molar-refractivity contribution in [3.63, 3.8) is 0 Å². The van der Waals surface area contributed by atoms with E-state index >= 15 is 0 Å². The number of nitro groups is 1. The van der Waals surface area contributed by atoms with Crippen LogP contribution in [0.15, 0.2) is 30.3 Å². The maximum atomic E-state index is 13.0. The van der Waals surface area contributed by atoms with Crippen molar-refractivity contribution in [3.8, 4) is 5.75 Å². The molecule has 2 aromatic carbocycles. The second-order valence-corrected chi connectivity index (χ2v) is 7.42. The van der Waals surface area contributed by atoms with Crippen LogP contribution in [0.4, 0.5) is 24.5 Å². The van der Waals surface area contributed by atoms with Gasteiger partial charge in [-0.05, 0) is 25.1 Å². The predicted molar refractivity (Wildman–Crippen MR) is 104 cm³/mol. The van der Waals surface area contributed by atoms with Crippen molar-refractivity contribution in [1.82, 2.24) is 0 Å². The molecule has 1 amide bonds. The van der Waals surface area contributed by atoms with E-state index in [-0.39, 0.29) is 20.8 Å². The second-order valence-electron chi connectivity index (χ2n) is 6.20. The Balaban J connectivity index is 2.18. The number of carbonyl (C=O) groups is 1. The Labute approximate surface area is 182 Å². The van der Waals surface area contributed by atoms with Crippen molar-refractivity contribution in [2.45, 2.75) is 18.7 Å². The zero-order chi connectivity index (χ0) is 22.9. The van der Waals surface area contributed by atoms with Crippen LogP contribution in [-0.2, 0) is 11.0 Å². The van der Waals surface area contributed by atoms with Gasteiger partial charge >= 0.3 is 6.18 Å². The molecular weight excluding hydrogens is 476 g/mol. The Morgan fingerprint density at radius 2 is 1.77 bits per heavy atom. The molecule has 0 saturated carbocycles. The summed E-state index contributed by atoms with van der Waals surface area (Å²) < 4.78 is 44.4. The molecule has 2 aromatic rings. The van der Waals surface area contributed by atoms with E-state index in [1.807, 2.05) is 0 Å². The summed E-state index contributed by atoms with van der Waals surface area (Å²) in [7, 11) is 0. The van der Waals surface area contributed by atoms with Gasteiger partial charge in [0.15, 0.2) is 5.60 Å². The first-order valence-corrected chi connectivity index (χ1v) is 9.02. The molecule has 0 saturated heterocycles. The number of rotatable bonds is 6. The lowest BCUT2D eigenvalue weighted by molar-refractivity contribution is -0.388. The molecule has 0 aliphatic rings. The molecule has 1 atom stereocenters. The summed E-state index contributed by atoms with van der Waals surface area (Å²) in [4.78, 5) is 21.9. The third-order valence-electron chi connectivity index (χ3n) is 3.73. The monoisotopic (exact) mass is 486 g/mol. The molecule has 13 heteroatoms. The Hall–Kier alpha value is -2.27. The molecule has 0 aliphatic carbocycles. The lowest BCUT2D eigenvalue weighted by atomic mass is 10.1. The number of aliphatic hydroxyl groups is 1. The van der Waals surface area contributed by atoms with Gasteiger partial charge in [0.2, 0.25) is 0 Å². The number of halogens is 6. The van der Waals surface area contributed by atoms with Gasteiger partial charge in [-0.1, -0.05) is 34.8 Å². The molecular formula is C17H12Cl3F3N2O5. The first-order chi connectivity index (χ1) is 13.7. The number of alkyl halides is 3. The van der Waals surface area contributed by atoms with E-state index in [1.54, 1.807) is 0 Å². The highest BCUT2D eigenvalue weighted by Crippen LogP contribution is 2.38. The molecule has 162 valence electrons. The highest BCUT2D eigenvalue weighted by atomic mass is 35.5. The standard InChI is InChI=1S/C17H12Cl3F3N2O5/c1-16(27,7-30-14-6-11(19)10(18)5-12(14)20)15(26)24-8-2-3-13(25(28)29)9(4-8)17(21,22)23/h2-6,27H,7H2,1H3,(H,24,26)/t16-/m0/s1. The number of carbonyl (C=O) groups excluding carboxylic acids is 1. The van der Waals surface area contributed by atoms with Crippen LogP contribution < -0.4 is 10.1 Å². The van der Waals surface area contributed by atoms with Crippen molar-refractivity contribution < 1.29 is 32.7 Å². The summed E-state index contributed by atoms with van der Waals surface area (Å²) in [6, 6.07) is 4.43. The van der Waals surface area contributed by atoms with Gasteiger partial charge in [-0.3, -0.25) is 14.9 Å². The summed E-state index contributed by atoms with van der Waals surface area (Å²) in [6.07, 6.45) is -5.03. The van der Waals surface area contributed by atoms with Gasteiger partial charge in [-0.25, -0.2) is 0 Å². The zero-order valence-electron chi connectivity index (χ0n) is 14.9. The molecule has 0 unspecified atom stereocenters. The quantitative estimate of drug-likeness (QED) is 0.325. The van der Waals surface area contributed by atoms with Gasteiger partial charge in [0.25, 0.3) is 11.6 Å². The van der Waals surface area contributed by atoms with E-state index in [0.29, 0.717) is 12.1 Å². The summed E-state index contributed by atoms with van der Waals surface area (Å²) in [5.74, 6) is -1.12. The van der Waals surface area contributed by atoms with Gasteiger partial charge < -0.3 is 15.2 Å². The van der Waals surface area contributed by atoms with E-state index in [9.17, 15) is 33.2 Å². The van der Waals surface area contributed by atoms with Gasteiger partial charge in [-0.15, -0.1) is 0 Å². The van der Waals surface area contributed by atoms with E-state index in [0.717, 1.165) is 13.0 Å². The maximum absolute atomic E-state index is 13.0. The summed E-state index contributed by atoms with van der Waals surface area (Å²) in [5, 5.41) is 23.5. The molecule has 30 heavy (non-hydrogen) atoms. The van der Waals surface area contributed by atoms with Crippen molar-refractivity contribution >= 4 is 52.1 Å². The number of amides is 1. The Bertz CT molecular complexity index is 999. The molecule has 0 bridgehead atoms. The Morgan fingerprint density at radius 3 is 2.33 bits per heavy atom. The van der Waals surface area contributed by atoms with Crippen LogP contribution in [0.3, 0.4) is 0 Å². The van der Waals surface area contributed by atoms with Crippen molar-refractivity contribution in [3.05, 3.63) is 61.1 Å². The van der Waals surface area contributed by atoms with Gasteiger partial charge in [0, 0.05) is 17.8 Å². The molecule has 0 aliphatic heterocycles. The van der Waals surface area contributed by atoms with Crippen LogP contribution >= 0.6 is 34.8 Å². The van der Waals surface area contributed by atoms with Crippen molar-refractivity contribution in [1.29, 1.82) is 0 Å². The largest absolute Gasteiger partial charge is 0.488 e. The molecule has 0 aromatic heterocycles. The van der Waals surface area contributed by atoms with Crippen LogP contribution in [0, 0.1) is 10.1 Å². The van der Waals surface area contributed by atoms with E-state index in [1.165, 1.54) is 12.1 Å². The predicted octanol–water partition coefficient (Wildman–Crippen LogP) is 5.34. The third kappa shape index (κ3) is 5.66. The molecule has 0 spiro atoms. The molecule has 2 rings (SSSR count). The third-order valence-corrected chi connectivity index (χ3v) is 4.75. The molecule has 0 fully saturated rings. The van der Waals surface area contributed by atoms with Gasteiger partial charge in [-0.2, -0.15) is 13.2 Å². The first-order valence-electron chi connectivity index (χ1n) is 7.89. The van der Waals surface area contributed by atoms with E-state index in [2.05, 4.69) is 5.32 Å². The Morgan fingerprint density at radius 1 is 1.17 bits per heavy atom. The highest BCUT2D eigenvalue weighted by Gasteiger charge is 2.39. The number of anilines is 1.